The number of benzene rings is 1. The van der Waals surface area contributed by atoms with Crippen LogP contribution in [0.25, 0.3) is 4.98 Å². The number of hydrogen-bond donors (Lipinski definition) is 0. The molecule has 0 aromatic heterocycles. The van der Waals surface area contributed by atoms with Gasteiger partial charge in [-0.3, -0.25) is 0 Å². The van der Waals surface area contributed by atoms with Crippen molar-refractivity contribution in [1.82, 2.24) is 0 Å². The molecule has 1 aliphatic heterocycles. The predicted octanol–water partition coefficient (Wildman–Crippen LogP) is 2.79. The molecule has 1 aromatic carbocycles. The minimum Gasteiger partial charge on any atom is -0.494 e. The van der Waals surface area contributed by atoms with Crippen LogP contribution in [0.3, 0.4) is 0 Å². The fraction of sp³-hybridized carbons (Fsp3) is 0.500. The van der Waals surface area contributed by atoms with Crippen LogP contribution in [0.4, 0.5) is 11.4 Å². The first-order chi connectivity index (χ1) is 8.30. The summed E-state index contributed by atoms with van der Waals surface area (Å²) in [6.07, 6.45) is 2.38. The molecular weight excluding hydrogens is 218 g/mol. The van der Waals surface area contributed by atoms with Crippen molar-refractivity contribution in [3.63, 3.8) is 0 Å². The molecule has 0 radical (unpaired) electrons. The van der Waals surface area contributed by atoms with Crippen molar-refractivity contribution >= 4 is 11.4 Å². The molecule has 1 heterocycles. The maximum Gasteiger partial charge on any atom is 0.430 e. The molecule has 1 saturated heterocycles. The zero-order valence-corrected chi connectivity index (χ0v) is 10.1. The molecule has 0 saturated carbocycles. The summed E-state index contributed by atoms with van der Waals surface area (Å²) >= 11 is 0. The van der Waals surface area contributed by atoms with Crippen molar-refractivity contribution < 1.29 is 9.47 Å². The van der Waals surface area contributed by atoms with Gasteiger partial charge in [-0.1, -0.05) is 0 Å². The van der Waals surface area contributed by atoms with Crippen molar-refractivity contribution in [2.75, 3.05) is 32.2 Å². The minimum absolute atomic E-state index is 0.382. The minimum atomic E-state index is 0.382. The second kappa shape index (κ2) is 4.91. The van der Waals surface area contributed by atoms with Gasteiger partial charge in [0.05, 0.1) is 26.0 Å². The van der Waals surface area contributed by atoms with Gasteiger partial charge in [-0.2, -0.15) is 0 Å². The van der Waals surface area contributed by atoms with E-state index in [1.807, 2.05) is 6.07 Å². The number of nitrogens with zero attached hydrogens (tertiary/aromatic N) is 3. The largest absolute Gasteiger partial charge is 0.494 e. The Balaban J connectivity index is 2.46. The number of hydrogen-bond acceptors (Lipinski definition) is 4. The zero-order valence-electron chi connectivity index (χ0n) is 10.1. The van der Waals surface area contributed by atoms with Gasteiger partial charge in [-0.15, -0.1) is 0 Å². The van der Waals surface area contributed by atoms with Gasteiger partial charge in [-0.05, 0) is 12.8 Å². The molecule has 0 N–H and O–H groups in total. The Morgan fingerprint density at radius 1 is 1.12 bits per heavy atom. The van der Waals surface area contributed by atoms with E-state index in [4.69, 9.17) is 14.9 Å². The molecule has 5 nitrogen and oxygen atoms in total. The maximum absolute atomic E-state index is 8.90. The number of ether oxygens (including phenoxy) is 2. The fourth-order valence-corrected chi connectivity index (χ4v) is 2.15. The predicted molar refractivity (Wildman–Crippen MR) is 65.7 cm³/mol. The van der Waals surface area contributed by atoms with Gasteiger partial charge in [0, 0.05) is 19.2 Å². The molecule has 0 bridgehead atoms. The van der Waals surface area contributed by atoms with Crippen LogP contribution in [0.15, 0.2) is 12.1 Å². The first kappa shape index (κ1) is 11.5. The van der Waals surface area contributed by atoms with Crippen molar-refractivity contribution in [3.05, 3.63) is 17.1 Å². The molecule has 5 heteroatoms. The van der Waals surface area contributed by atoms with Crippen molar-refractivity contribution in [2.24, 2.45) is 0 Å². The SMILES string of the molecule is COc1cc(N2CCCC2)c(OC)cc1[N+]#N. The Morgan fingerprint density at radius 2 is 1.76 bits per heavy atom. The first-order valence-electron chi connectivity index (χ1n) is 5.66. The molecule has 1 aliphatic rings. The van der Waals surface area contributed by atoms with Crippen LogP contribution in [-0.2, 0) is 0 Å². The molecule has 1 aromatic rings. The van der Waals surface area contributed by atoms with Crippen LogP contribution in [0.1, 0.15) is 12.8 Å². The Labute approximate surface area is 101 Å². The Hall–Kier alpha value is -1.96. The normalized spacial score (nSPS) is 14.5. The second-order valence-electron chi connectivity index (χ2n) is 3.99. The van der Waals surface area contributed by atoms with Crippen LogP contribution in [0, 0.1) is 5.39 Å². The van der Waals surface area contributed by atoms with Crippen molar-refractivity contribution in [3.8, 4) is 11.5 Å². The standard InChI is InChI=1S/C12H16N3O2/c1-16-11-8-10(15-5-3-4-6-15)12(17-2)7-9(11)14-13/h7-8H,3-6H2,1-2H3/q+1. The van der Waals surface area contributed by atoms with Gasteiger partial charge in [0.1, 0.15) is 0 Å². The summed E-state index contributed by atoms with van der Waals surface area (Å²) in [5.74, 6) is 1.26. The highest BCUT2D eigenvalue weighted by molar-refractivity contribution is 5.72. The summed E-state index contributed by atoms with van der Waals surface area (Å²) in [6.45, 7) is 2.05. The number of rotatable bonds is 3. The van der Waals surface area contributed by atoms with Crippen molar-refractivity contribution in [1.29, 1.82) is 5.39 Å². The highest BCUT2D eigenvalue weighted by Crippen LogP contribution is 2.40. The van der Waals surface area contributed by atoms with Crippen LogP contribution >= 0.6 is 0 Å². The third kappa shape index (κ3) is 2.11. The molecule has 0 aliphatic carbocycles. The smallest absolute Gasteiger partial charge is 0.430 e. The Morgan fingerprint density at radius 3 is 2.29 bits per heavy atom. The summed E-state index contributed by atoms with van der Waals surface area (Å²) < 4.78 is 10.5. The highest BCUT2D eigenvalue weighted by atomic mass is 16.5. The quantitative estimate of drug-likeness (QED) is 0.754. The van der Waals surface area contributed by atoms with Gasteiger partial charge >= 0.3 is 5.69 Å². The number of anilines is 1. The van der Waals surface area contributed by atoms with E-state index in [9.17, 15) is 0 Å². The van der Waals surface area contributed by atoms with E-state index in [0.717, 1.165) is 18.8 Å². The van der Waals surface area contributed by atoms with E-state index < -0.39 is 0 Å². The lowest BCUT2D eigenvalue weighted by Gasteiger charge is -2.20. The van der Waals surface area contributed by atoms with Gasteiger partial charge in [-0.25, -0.2) is 0 Å². The van der Waals surface area contributed by atoms with E-state index in [-0.39, 0.29) is 0 Å². The lowest BCUT2D eigenvalue weighted by Crippen LogP contribution is -2.18. The van der Waals surface area contributed by atoms with Gasteiger partial charge in [0.2, 0.25) is 11.1 Å². The second-order valence-corrected chi connectivity index (χ2v) is 3.99. The molecule has 17 heavy (non-hydrogen) atoms. The van der Waals surface area contributed by atoms with E-state index in [0.29, 0.717) is 17.2 Å². The third-order valence-electron chi connectivity index (χ3n) is 3.03. The number of methoxy groups -OCH3 is 2. The molecule has 90 valence electrons. The third-order valence-corrected chi connectivity index (χ3v) is 3.03. The molecular formula is C12H16N3O2+. The summed E-state index contributed by atoms with van der Waals surface area (Å²) in [5.41, 5.74) is 1.38. The molecule has 0 unspecified atom stereocenters. The van der Waals surface area contributed by atoms with Crippen LogP contribution < -0.4 is 14.4 Å². The summed E-state index contributed by atoms with van der Waals surface area (Å²) in [5, 5.41) is 8.90. The molecule has 0 atom stereocenters. The average Bonchev–Trinajstić information content (AvgIpc) is 2.90. The maximum atomic E-state index is 8.90. The lowest BCUT2D eigenvalue weighted by atomic mass is 10.2. The molecule has 2 rings (SSSR count). The van der Waals surface area contributed by atoms with E-state index in [1.54, 1.807) is 20.3 Å². The van der Waals surface area contributed by atoms with E-state index >= 15 is 0 Å². The van der Waals surface area contributed by atoms with Gasteiger partial charge in [0.25, 0.3) is 0 Å². The van der Waals surface area contributed by atoms with Crippen molar-refractivity contribution in [2.45, 2.75) is 12.8 Å². The topological polar surface area (TPSA) is 49.9 Å². The summed E-state index contributed by atoms with van der Waals surface area (Å²) in [7, 11) is 3.17. The monoisotopic (exact) mass is 234 g/mol. The molecule has 1 fully saturated rings. The summed E-state index contributed by atoms with van der Waals surface area (Å²) in [6, 6.07) is 3.55. The summed E-state index contributed by atoms with van der Waals surface area (Å²) in [4.78, 5) is 5.45. The van der Waals surface area contributed by atoms with Crippen LogP contribution in [-0.4, -0.2) is 27.3 Å². The fourth-order valence-electron chi connectivity index (χ4n) is 2.15. The zero-order chi connectivity index (χ0) is 12.3. The Bertz CT molecular complexity index is 448. The molecule has 0 amide bonds. The van der Waals surface area contributed by atoms with Gasteiger partial charge in [0.15, 0.2) is 10.7 Å². The average molecular weight is 234 g/mol. The van der Waals surface area contributed by atoms with Gasteiger partial charge < -0.3 is 14.4 Å². The van der Waals surface area contributed by atoms with Crippen LogP contribution in [0.2, 0.25) is 0 Å². The number of diazo groups is 1. The van der Waals surface area contributed by atoms with Crippen LogP contribution in [0.5, 0.6) is 11.5 Å². The van der Waals surface area contributed by atoms with E-state index in [1.165, 1.54) is 12.8 Å². The van der Waals surface area contributed by atoms with E-state index in [2.05, 4.69) is 9.88 Å². The molecule has 0 spiro atoms. The highest BCUT2D eigenvalue weighted by Gasteiger charge is 2.24. The first-order valence-corrected chi connectivity index (χ1v) is 5.66. The Kier molecular flexibility index (Phi) is 3.33. The lowest BCUT2D eigenvalue weighted by molar-refractivity contribution is 0.405.